The largest absolute Gasteiger partial charge is 0.452 e. The van der Waals surface area contributed by atoms with E-state index in [-0.39, 0.29) is 6.04 Å². The van der Waals surface area contributed by atoms with Crippen molar-refractivity contribution in [3.8, 4) is 0 Å². The van der Waals surface area contributed by atoms with Gasteiger partial charge in [0.05, 0.1) is 6.04 Å². The molecule has 120 valence electrons. The normalized spacial score (nSPS) is 11.6. The van der Waals surface area contributed by atoms with Crippen LogP contribution in [0.1, 0.15) is 28.9 Å². The van der Waals surface area contributed by atoms with Crippen molar-refractivity contribution in [2.24, 2.45) is 0 Å². The van der Waals surface area contributed by atoms with Crippen LogP contribution in [0.25, 0.3) is 0 Å². The molecular weight excluding hydrogens is 304 g/mol. The third-order valence-electron chi connectivity index (χ3n) is 3.18. The van der Waals surface area contributed by atoms with E-state index >= 15 is 0 Å². The average molecular weight is 319 g/mol. The van der Waals surface area contributed by atoms with Crippen molar-refractivity contribution in [1.29, 1.82) is 0 Å². The number of rotatable bonds is 5. The van der Waals surface area contributed by atoms with Crippen molar-refractivity contribution < 1.29 is 23.1 Å². The van der Waals surface area contributed by atoms with Crippen LogP contribution in [0.5, 0.6) is 0 Å². The third-order valence-corrected chi connectivity index (χ3v) is 3.18. The molecule has 2 aromatic carbocycles. The molecule has 0 aromatic heterocycles. The summed E-state index contributed by atoms with van der Waals surface area (Å²) in [5.41, 5.74) is 0.0729. The Morgan fingerprint density at radius 2 is 1.65 bits per heavy atom. The molecular formula is C17H15F2NO3. The van der Waals surface area contributed by atoms with E-state index in [2.05, 4.69) is 10.1 Å². The van der Waals surface area contributed by atoms with E-state index in [9.17, 15) is 18.4 Å². The standard InChI is InChI=1S/C17H15F2NO3/c1-11(12-6-3-2-4-7-12)20-15(21)10-23-17(22)16-13(18)8-5-9-14(16)19/h2-9,11H,10H2,1H3,(H,20,21)/t11-/m1/s1. The zero-order chi connectivity index (χ0) is 16.8. The Balaban J connectivity index is 1.91. The minimum absolute atomic E-state index is 0.285. The first-order chi connectivity index (χ1) is 11.0. The number of nitrogens with one attached hydrogen (secondary N) is 1. The highest BCUT2D eigenvalue weighted by molar-refractivity contribution is 5.91. The van der Waals surface area contributed by atoms with Crippen molar-refractivity contribution in [2.75, 3.05) is 6.61 Å². The van der Waals surface area contributed by atoms with Crippen molar-refractivity contribution >= 4 is 11.9 Å². The van der Waals surface area contributed by atoms with E-state index in [1.165, 1.54) is 0 Å². The lowest BCUT2D eigenvalue weighted by molar-refractivity contribution is -0.124. The van der Waals surface area contributed by atoms with Gasteiger partial charge in [0.2, 0.25) is 0 Å². The fourth-order valence-electron chi connectivity index (χ4n) is 2.00. The summed E-state index contributed by atoms with van der Waals surface area (Å²) in [4.78, 5) is 23.4. The number of ether oxygens (including phenoxy) is 1. The Morgan fingerprint density at radius 3 is 2.26 bits per heavy atom. The molecule has 0 fully saturated rings. The fraction of sp³-hybridized carbons (Fsp3) is 0.176. The van der Waals surface area contributed by atoms with Crippen LogP contribution in [0.2, 0.25) is 0 Å². The number of halogens is 2. The Bertz CT molecular complexity index is 684. The van der Waals surface area contributed by atoms with E-state index in [1.807, 2.05) is 30.3 Å². The predicted octanol–water partition coefficient (Wildman–Crippen LogP) is 3.00. The van der Waals surface area contributed by atoms with Crippen molar-refractivity contribution in [3.63, 3.8) is 0 Å². The number of esters is 1. The molecule has 23 heavy (non-hydrogen) atoms. The number of amides is 1. The summed E-state index contributed by atoms with van der Waals surface area (Å²) in [7, 11) is 0. The molecule has 0 saturated heterocycles. The lowest BCUT2D eigenvalue weighted by Gasteiger charge is -2.14. The summed E-state index contributed by atoms with van der Waals surface area (Å²) in [6.07, 6.45) is 0. The number of benzene rings is 2. The molecule has 0 heterocycles. The molecule has 0 saturated carbocycles. The number of hydrogen-bond donors (Lipinski definition) is 1. The maximum atomic E-state index is 13.4. The van der Waals surface area contributed by atoms with Gasteiger partial charge in [-0.3, -0.25) is 4.79 Å². The van der Waals surface area contributed by atoms with Crippen molar-refractivity contribution in [3.05, 3.63) is 71.3 Å². The molecule has 1 amide bonds. The Hall–Kier alpha value is -2.76. The monoisotopic (exact) mass is 319 g/mol. The lowest BCUT2D eigenvalue weighted by atomic mass is 10.1. The first kappa shape index (κ1) is 16.6. The van der Waals surface area contributed by atoms with Gasteiger partial charge in [-0.1, -0.05) is 36.4 Å². The minimum Gasteiger partial charge on any atom is -0.452 e. The smallest absolute Gasteiger partial charge is 0.344 e. The summed E-state index contributed by atoms with van der Waals surface area (Å²) < 4.78 is 31.5. The number of carbonyl (C=O) groups excluding carboxylic acids is 2. The zero-order valence-electron chi connectivity index (χ0n) is 12.4. The number of carbonyl (C=O) groups is 2. The Morgan fingerprint density at radius 1 is 1.04 bits per heavy atom. The second-order valence-electron chi connectivity index (χ2n) is 4.87. The van der Waals surface area contributed by atoms with Gasteiger partial charge in [-0.2, -0.15) is 0 Å². The second kappa shape index (κ2) is 7.49. The summed E-state index contributed by atoms with van der Waals surface area (Å²) in [5.74, 6) is -3.85. The van der Waals surface area contributed by atoms with Gasteiger partial charge in [0, 0.05) is 0 Å². The SMILES string of the molecule is C[C@@H](NC(=O)COC(=O)c1c(F)cccc1F)c1ccccc1. The van der Waals surface area contributed by atoms with Gasteiger partial charge < -0.3 is 10.1 Å². The van der Waals surface area contributed by atoms with Gasteiger partial charge >= 0.3 is 5.97 Å². The van der Waals surface area contributed by atoms with E-state index in [4.69, 9.17) is 0 Å². The fourth-order valence-corrected chi connectivity index (χ4v) is 2.00. The van der Waals surface area contributed by atoms with Crippen LogP contribution in [-0.4, -0.2) is 18.5 Å². The molecule has 0 aliphatic rings. The third kappa shape index (κ3) is 4.35. The molecule has 6 heteroatoms. The minimum atomic E-state index is -1.22. The predicted molar refractivity (Wildman–Crippen MR) is 79.6 cm³/mol. The van der Waals surface area contributed by atoms with Crippen molar-refractivity contribution in [2.45, 2.75) is 13.0 Å². The van der Waals surface area contributed by atoms with Gasteiger partial charge in [-0.25, -0.2) is 13.6 Å². The highest BCUT2D eigenvalue weighted by Crippen LogP contribution is 2.14. The maximum Gasteiger partial charge on any atom is 0.344 e. The first-order valence-corrected chi connectivity index (χ1v) is 6.94. The van der Waals surface area contributed by atoms with Crippen LogP contribution in [0.3, 0.4) is 0 Å². The molecule has 2 aromatic rings. The van der Waals surface area contributed by atoms with E-state index in [1.54, 1.807) is 6.92 Å². The second-order valence-corrected chi connectivity index (χ2v) is 4.87. The van der Waals surface area contributed by atoms with Gasteiger partial charge in [0.15, 0.2) is 6.61 Å². The zero-order valence-corrected chi connectivity index (χ0v) is 12.4. The Kier molecular flexibility index (Phi) is 5.41. The maximum absolute atomic E-state index is 13.4. The van der Waals surface area contributed by atoms with Gasteiger partial charge in [-0.05, 0) is 24.6 Å². The van der Waals surface area contributed by atoms with E-state index in [0.29, 0.717) is 0 Å². The number of hydrogen-bond acceptors (Lipinski definition) is 3. The lowest BCUT2D eigenvalue weighted by Crippen LogP contribution is -2.31. The summed E-state index contributed by atoms with van der Waals surface area (Å²) in [6.45, 7) is 1.15. The summed E-state index contributed by atoms with van der Waals surface area (Å²) in [5, 5.41) is 2.63. The van der Waals surface area contributed by atoms with Gasteiger partial charge in [0.1, 0.15) is 17.2 Å². The topological polar surface area (TPSA) is 55.4 Å². The first-order valence-electron chi connectivity index (χ1n) is 6.94. The van der Waals surface area contributed by atoms with Gasteiger partial charge in [0.25, 0.3) is 5.91 Å². The summed E-state index contributed by atoms with van der Waals surface area (Å²) in [6, 6.07) is 11.9. The average Bonchev–Trinajstić information content (AvgIpc) is 2.53. The van der Waals surface area contributed by atoms with Crippen LogP contribution in [0.4, 0.5) is 8.78 Å². The summed E-state index contributed by atoms with van der Waals surface area (Å²) >= 11 is 0. The Labute approximate surface area is 132 Å². The van der Waals surface area contributed by atoms with E-state index in [0.717, 1.165) is 23.8 Å². The van der Waals surface area contributed by atoms with Crippen LogP contribution in [0.15, 0.2) is 48.5 Å². The quantitative estimate of drug-likeness (QED) is 0.862. The molecule has 0 aliphatic heterocycles. The molecule has 1 atom stereocenters. The molecule has 0 aliphatic carbocycles. The highest BCUT2D eigenvalue weighted by atomic mass is 19.1. The van der Waals surface area contributed by atoms with Crippen LogP contribution in [0, 0.1) is 11.6 Å². The molecule has 2 rings (SSSR count). The van der Waals surface area contributed by atoms with Crippen LogP contribution < -0.4 is 5.32 Å². The van der Waals surface area contributed by atoms with Crippen LogP contribution >= 0.6 is 0 Å². The molecule has 0 spiro atoms. The highest BCUT2D eigenvalue weighted by Gasteiger charge is 2.20. The molecule has 1 N–H and O–H groups in total. The molecule has 4 nitrogen and oxygen atoms in total. The molecule has 0 radical (unpaired) electrons. The van der Waals surface area contributed by atoms with Crippen LogP contribution in [-0.2, 0) is 9.53 Å². The molecule has 0 bridgehead atoms. The van der Waals surface area contributed by atoms with Crippen molar-refractivity contribution in [1.82, 2.24) is 5.32 Å². The van der Waals surface area contributed by atoms with E-state index < -0.39 is 35.7 Å². The molecule has 0 unspecified atom stereocenters. The van der Waals surface area contributed by atoms with Gasteiger partial charge in [-0.15, -0.1) is 0 Å².